The van der Waals surface area contributed by atoms with Crippen LogP contribution in [-0.2, 0) is 4.79 Å². The molecular formula is C11H21NO2. The highest BCUT2D eigenvalue weighted by molar-refractivity contribution is 5.82. The zero-order valence-corrected chi connectivity index (χ0v) is 9.18. The van der Waals surface area contributed by atoms with Crippen LogP contribution in [0.1, 0.15) is 46.0 Å². The maximum atomic E-state index is 11.9. The van der Waals surface area contributed by atoms with Crippen molar-refractivity contribution in [3.8, 4) is 0 Å². The van der Waals surface area contributed by atoms with Crippen molar-refractivity contribution in [1.82, 2.24) is 5.32 Å². The lowest BCUT2D eigenvalue weighted by Crippen LogP contribution is -2.44. The van der Waals surface area contributed by atoms with Gasteiger partial charge in [-0.05, 0) is 19.3 Å². The van der Waals surface area contributed by atoms with Crippen LogP contribution in [0.25, 0.3) is 0 Å². The minimum absolute atomic E-state index is 0.0400. The molecule has 0 radical (unpaired) electrons. The molecule has 1 amide bonds. The van der Waals surface area contributed by atoms with Crippen molar-refractivity contribution in [2.24, 2.45) is 5.41 Å². The van der Waals surface area contributed by atoms with Crippen LogP contribution in [0.2, 0.25) is 0 Å². The first-order chi connectivity index (χ1) is 6.62. The van der Waals surface area contributed by atoms with Crippen LogP contribution >= 0.6 is 0 Å². The first-order valence-electron chi connectivity index (χ1n) is 5.54. The number of hydrogen-bond acceptors (Lipinski definition) is 2. The third kappa shape index (κ3) is 2.47. The molecule has 0 heterocycles. The summed E-state index contributed by atoms with van der Waals surface area (Å²) in [6, 6.07) is -0.0695. The fraction of sp³-hybridized carbons (Fsp3) is 0.909. The van der Waals surface area contributed by atoms with Crippen LogP contribution in [0.15, 0.2) is 0 Å². The van der Waals surface area contributed by atoms with Crippen LogP contribution in [0, 0.1) is 5.41 Å². The smallest absolute Gasteiger partial charge is 0.226 e. The summed E-state index contributed by atoms with van der Waals surface area (Å²) in [6.45, 7) is 4.04. The Morgan fingerprint density at radius 1 is 1.50 bits per heavy atom. The maximum Gasteiger partial charge on any atom is 0.226 e. The Morgan fingerprint density at radius 2 is 2.07 bits per heavy atom. The number of rotatable bonds is 4. The molecule has 2 N–H and O–H groups in total. The van der Waals surface area contributed by atoms with Gasteiger partial charge in [0.2, 0.25) is 5.91 Å². The first kappa shape index (κ1) is 11.5. The van der Waals surface area contributed by atoms with Crippen molar-refractivity contribution in [3.63, 3.8) is 0 Å². The van der Waals surface area contributed by atoms with Gasteiger partial charge >= 0.3 is 0 Å². The third-order valence-corrected chi connectivity index (χ3v) is 3.30. The van der Waals surface area contributed by atoms with Gasteiger partial charge in [0.1, 0.15) is 0 Å². The second-order valence-electron chi connectivity index (χ2n) is 4.53. The number of carbonyl (C=O) groups excluding carboxylic acids is 1. The van der Waals surface area contributed by atoms with Crippen molar-refractivity contribution in [3.05, 3.63) is 0 Å². The van der Waals surface area contributed by atoms with E-state index in [-0.39, 0.29) is 24.0 Å². The first-order valence-corrected chi connectivity index (χ1v) is 5.54. The molecule has 3 heteroatoms. The van der Waals surface area contributed by atoms with E-state index in [0.717, 1.165) is 32.1 Å². The number of amides is 1. The van der Waals surface area contributed by atoms with Crippen molar-refractivity contribution < 1.29 is 9.90 Å². The third-order valence-electron chi connectivity index (χ3n) is 3.30. The topological polar surface area (TPSA) is 49.3 Å². The molecule has 1 saturated carbocycles. The molecule has 0 spiro atoms. The van der Waals surface area contributed by atoms with Gasteiger partial charge in [0.15, 0.2) is 0 Å². The van der Waals surface area contributed by atoms with E-state index in [9.17, 15) is 4.79 Å². The Morgan fingerprint density at radius 3 is 2.50 bits per heavy atom. The number of aliphatic hydroxyl groups is 1. The summed E-state index contributed by atoms with van der Waals surface area (Å²) in [7, 11) is 0. The van der Waals surface area contributed by atoms with Crippen molar-refractivity contribution in [2.75, 3.05) is 6.61 Å². The lowest BCUT2D eigenvalue weighted by Gasteiger charge is -2.25. The molecule has 82 valence electrons. The Bertz CT molecular complexity index is 193. The number of aliphatic hydroxyl groups excluding tert-OH is 1. The van der Waals surface area contributed by atoms with Gasteiger partial charge in [-0.2, -0.15) is 0 Å². The monoisotopic (exact) mass is 199 g/mol. The minimum atomic E-state index is -0.178. The number of hydrogen-bond donors (Lipinski definition) is 2. The highest BCUT2D eigenvalue weighted by Gasteiger charge is 2.36. The summed E-state index contributed by atoms with van der Waals surface area (Å²) in [6.07, 6.45) is 5.07. The van der Waals surface area contributed by atoms with Crippen LogP contribution < -0.4 is 5.32 Å². The van der Waals surface area contributed by atoms with Gasteiger partial charge in [-0.3, -0.25) is 4.79 Å². The molecule has 0 saturated heterocycles. The van der Waals surface area contributed by atoms with E-state index in [1.54, 1.807) is 0 Å². The van der Waals surface area contributed by atoms with Gasteiger partial charge in [0.25, 0.3) is 0 Å². The Labute approximate surface area is 85.9 Å². The van der Waals surface area contributed by atoms with Crippen LogP contribution in [-0.4, -0.2) is 23.7 Å². The summed E-state index contributed by atoms with van der Waals surface area (Å²) >= 11 is 0. The van der Waals surface area contributed by atoms with Crippen LogP contribution in [0.3, 0.4) is 0 Å². The molecular weight excluding hydrogens is 178 g/mol. The lowest BCUT2D eigenvalue weighted by atomic mass is 9.87. The SMILES string of the molecule is CCC(CO)NC(=O)C1(C)CCCC1. The average molecular weight is 199 g/mol. The molecule has 0 aromatic heterocycles. The molecule has 0 aliphatic heterocycles. The molecule has 1 fully saturated rings. The Kier molecular flexibility index (Phi) is 3.93. The summed E-state index contributed by atoms with van der Waals surface area (Å²) in [4.78, 5) is 11.9. The van der Waals surface area contributed by atoms with E-state index in [4.69, 9.17) is 5.11 Å². The van der Waals surface area contributed by atoms with E-state index in [0.29, 0.717) is 0 Å². The summed E-state index contributed by atoms with van der Waals surface area (Å²) in [5, 5.41) is 11.9. The lowest BCUT2D eigenvalue weighted by molar-refractivity contribution is -0.131. The predicted molar refractivity (Wildman–Crippen MR) is 55.9 cm³/mol. The fourth-order valence-corrected chi connectivity index (χ4v) is 2.02. The van der Waals surface area contributed by atoms with Gasteiger partial charge in [-0.1, -0.05) is 26.7 Å². The summed E-state index contributed by atoms with van der Waals surface area (Å²) in [5.74, 6) is 0.121. The molecule has 1 rings (SSSR count). The van der Waals surface area contributed by atoms with Gasteiger partial charge < -0.3 is 10.4 Å². The van der Waals surface area contributed by atoms with E-state index in [1.807, 2.05) is 13.8 Å². The molecule has 1 aliphatic carbocycles. The van der Waals surface area contributed by atoms with Gasteiger partial charge in [0, 0.05) is 5.41 Å². The minimum Gasteiger partial charge on any atom is -0.394 e. The molecule has 1 atom stereocenters. The van der Waals surface area contributed by atoms with Crippen LogP contribution in [0.4, 0.5) is 0 Å². The van der Waals surface area contributed by atoms with E-state index in [1.165, 1.54) is 0 Å². The Balaban J connectivity index is 2.48. The zero-order valence-electron chi connectivity index (χ0n) is 9.18. The van der Waals surface area contributed by atoms with Gasteiger partial charge in [-0.25, -0.2) is 0 Å². The number of nitrogens with one attached hydrogen (secondary N) is 1. The van der Waals surface area contributed by atoms with E-state index in [2.05, 4.69) is 5.32 Å². The molecule has 1 unspecified atom stereocenters. The van der Waals surface area contributed by atoms with E-state index >= 15 is 0 Å². The molecule has 3 nitrogen and oxygen atoms in total. The molecule has 0 bridgehead atoms. The molecule has 0 aromatic carbocycles. The maximum absolute atomic E-state index is 11.9. The standard InChI is InChI=1S/C11H21NO2/c1-3-9(8-13)12-10(14)11(2)6-4-5-7-11/h9,13H,3-8H2,1-2H3,(H,12,14). The normalized spacial score (nSPS) is 21.9. The van der Waals surface area contributed by atoms with Crippen LogP contribution in [0.5, 0.6) is 0 Å². The van der Waals surface area contributed by atoms with Crippen molar-refractivity contribution >= 4 is 5.91 Å². The second-order valence-corrected chi connectivity index (χ2v) is 4.53. The Hall–Kier alpha value is -0.570. The molecule has 1 aliphatic rings. The second kappa shape index (κ2) is 4.78. The largest absolute Gasteiger partial charge is 0.394 e. The highest BCUT2D eigenvalue weighted by Crippen LogP contribution is 2.37. The molecule has 0 aromatic rings. The summed E-state index contributed by atoms with van der Waals surface area (Å²) < 4.78 is 0. The van der Waals surface area contributed by atoms with Crippen molar-refractivity contribution in [1.29, 1.82) is 0 Å². The van der Waals surface area contributed by atoms with Crippen molar-refractivity contribution in [2.45, 2.75) is 52.0 Å². The zero-order chi connectivity index (χ0) is 10.6. The average Bonchev–Trinajstić information content (AvgIpc) is 2.62. The van der Waals surface area contributed by atoms with Gasteiger partial charge in [0.05, 0.1) is 12.6 Å². The molecule has 14 heavy (non-hydrogen) atoms. The predicted octanol–water partition coefficient (Wildman–Crippen LogP) is 1.45. The fourth-order valence-electron chi connectivity index (χ4n) is 2.02. The highest BCUT2D eigenvalue weighted by atomic mass is 16.3. The number of carbonyl (C=O) groups is 1. The quantitative estimate of drug-likeness (QED) is 0.720. The van der Waals surface area contributed by atoms with E-state index < -0.39 is 0 Å². The van der Waals surface area contributed by atoms with Gasteiger partial charge in [-0.15, -0.1) is 0 Å². The summed E-state index contributed by atoms with van der Waals surface area (Å²) in [5.41, 5.74) is -0.178.